The minimum Gasteiger partial charge on any atom is -0.444 e. The number of carbonyl (C=O) groups is 2. The van der Waals surface area contributed by atoms with E-state index in [4.69, 9.17) is 9.47 Å². The van der Waals surface area contributed by atoms with Gasteiger partial charge in [0.05, 0.1) is 0 Å². The lowest BCUT2D eigenvalue weighted by molar-refractivity contribution is 0.0654. The van der Waals surface area contributed by atoms with E-state index in [1.807, 2.05) is 74.5 Å². The average Bonchev–Trinajstić information content (AvgIpc) is 2.69. The number of hydrogen-bond donors (Lipinski definition) is 0. The van der Waals surface area contributed by atoms with Crippen LogP contribution >= 0.6 is 0 Å². The molecule has 138 valence electrons. The molecule has 0 heterocycles. The van der Waals surface area contributed by atoms with Crippen molar-refractivity contribution in [3.63, 3.8) is 0 Å². The standard InChI is InChI=1S/C21H25NO4/c1-3-17(2)14-22(20(23)25-15-18-10-6-4-7-11-18)21(24)26-16-19-12-8-5-9-13-19/h4-13,17H,3,14-16H2,1-2H3. The molecule has 5 heteroatoms. The van der Waals surface area contributed by atoms with Crippen LogP contribution in [0.2, 0.25) is 0 Å². The summed E-state index contributed by atoms with van der Waals surface area (Å²) in [6, 6.07) is 18.7. The van der Waals surface area contributed by atoms with E-state index in [1.165, 1.54) is 0 Å². The number of rotatable bonds is 7. The summed E-state index contributed by atoms with van der Waals surface area (Å²) in [4.78, 5) is 25.9. The van der Waals surface area contributed by atoms with Gasteiger partial charge < -0.3 is 9.47 Å². The first-order valence-corrected chi connectivity index (χ1v) is 8.79. The molecule has 0 radical (unpaired) electrons. The van der Waals surface area contributed by atoms with Crippen molar-refractivity contribution < 1.29 is 19.1 Å². The summed E-state index contributed by atoms with van der Waals surface area (Å²) in [5.74, 6) is 0.156. The molecule has 5 nitrogen and oxygen atoms in total. The molecule has 1 atom stereocenters. The highest BCUT2D eigenvalue weighted by Crippen LogP contribution is 2.11. The number of ether oxygens (including phenoxy) is 2. The number of amides is 2. The summed E-state index contributed by atoms with van der Waals surface area (Å²) in [6.07, 6.45) is -0.534. The van der Waals surface area contributed by atoms with E-state index < -0.39 is 12.2 Å². The van der Waals surface area contributed by atoms with Crippen LogP contribution in [0.25, 0.3) is 0 Å². The third-order valence-corrected chi connectivity index (χ3v) is 4.04. The summed E-state index contributed by atoms with van der Waals surface area (Å²) in [7, 11) is 0. The minimum absolute atomic E-state index is 0.114. The second kappa shape index (κ2) is 10.2. The van der Waals surface area contributed by atoms with Crippen LogP contribution in [-0.4, -0.2) is 23.6 Å². The second-order valence-electron chi connectivity index (χ2n) is 6.20. The van der Waals surface area contributed by atoms with Crippen molar-refractivity contribution in [2.24, 2.45) is 5.92 Å². The van der Waals surface area contributed by atoms with E-state index in [0.29, 0.717) is 0 Å². The van der Waals surface area contributed by atoms with Crippen LogP contribution in [-0.2, 0) is 22.7 Å². The normalized spacial score (nSPS) is 11.5. The van der Waals surface area contributed by atoms with Gasteiger partial charge in [-0.2, -0.15) is 0 Å². The van der Waals surface area contributed by atoms with Gasteiger partial charge in [0.1, 0.15) is 13.2 Å². The van der Waals surface area contributed by atoms with Gasteiger partial charge in [-0.3, -0.25) is 0 Å². The number of hydrogen-bond acceptors (Lipinski definition) is 4. The van der Waals surface area contributed by atoms with E-state index in [-0.39, 0.29) is 25.7 Å². The van der Waals surface area contributed by atoms with Gasteiger partial charge in [0.25, 0.3) is 0 Å². The Labute approximate surface area is 154 Å². The van der Waals surface area contributed by atoms with Crippen molar-refractivity contribution in [1.29, 1.82) is 0 Å². The number of nitrogens with zero attached hydrogens (tertiary/aromatic N) is 1. The van der Waals surface area contributed by atoms with Crippen LogP contribution in [0.4, 0.5) is 9.59 Å². The molecule has 0 N–H and O–H groups in total. The average molecular weight is 355 g/mol. The molecule has 0 fully saturated rings. The fraction of sp³-hybridized carbons (Fsp3) is 0.333. The Kier molecular flexibility index (Phi) is 7.68. The van der Waals surface area contributed by atoms with Gasteiger partial charge in [-0.15, -0.1) is 0 Å². The summed E-state index contributed by atoms with van der Waals surface area (Å²) < 4.78 is 10.6. The molecule has 2 aromatic carbocycles. The lowest BCUT2D eigenvalue weighted by Gasteiger charge is -2.22. The Morgan fingerprint density at radius 3 is 1.65 bits per heavy atom. The second-order valence-corrected chi connectivity index (χ2v) is 6.20. The van der Waals surface area contributed by atoms with Crippen molar-refractivity contribution in [3.8, 4) is 0 Å². The van der Waals surface area contributed by atoms with Crippen LogP contribution in [0.1, 0.15) is 31.4 Å². The maximum atomic E-state index is 12.4. The van der Waals surface area contributed by atoms with E-state index in [1.54, 1.807) is 0 Å². The maximum absolute atomic E-state index is 12.4. The Balaban J connectivity index is 1.96. The Morgan fingerprint density at radius 1 is 0.846 bits per heavy atom. The van der Waals surface area contributed by atoms with Crippen molar-refractivity contribution in [1.82, 2.24) is 4.90 Å². The lowest BCUT2D eigenvalue weighted by Crippen LogP contribution is -2.40. The Bertz CT molecular complexity index is 632. The first kappa shape index (κ1) is 19.5. The summed E-state index contributed by atoms with van der Waals surface area (Å²) in [5, 5.41) is 0. The first-order valence-electron chi connectivity index (χ1n) is 8.79. The molecule has 0 saturated carbocycles. The minimum atomic E-state index is -0.688. The Hall–Kier alpha value is -2.82. The van der Waals surface area contributed by atoms with Crippen LogP contribution in [0.3, 0.4) is 0 Å². The largest absolute Gasteiger partial charge is 0.444 e. The molecule has 0 spiro atoms. The predicted molar refractivity (Wildman–Crippen MR) is 99.4 cm³/mol. The highest BCUT2D eigenvalue weighted by Gasteiger charge is 2.26. The first-order chi connectivity index (χ1) is 12.6. The third-order valence-electron chi connectivity index (χ3n) is 4.04. The van der Waals surface area contributed by atoms with Crippen molar-refractivity contribution in [3.05, 3.63) is 71.8 Å². The van der Waals surface area contributed by atoms with Gasteiger partial charge in [0, 0.05) is 6.54 Å². The highest BCUT2D eigenvalue weighted by molar-refractivity contribution is 5.87. The zero-order chi connectivity index (χ0) is 18.8. The van der Waals surface area contributed by atoms with Gasteiger partial charge in [0.15, 0.2) is 0 Å². The highest BCUT2D eigenvalue weighted by atomic mass is 16.6. The maximum Gasteiger partial charge on any atom is 0.419 e. The van der Waals surface area contributed by atoms with Gasteiger partial charge in [-0.1, -0.05) is 80.9 Å². The van der Waals surface area contributed by atoms with Crippen LogP contribution in [0.15, 0.2) is 60.7 Å². The van der Waals surface area contributed by atoms with Crippen molar-refractivity contribution in [2.75, 3.05) is 6.54 Å². The van der Waals surface area contributed by atoms with Gasteiger partial charge in [-0.25, -0.2) is 14.5 Å². The predicted octanol–water partition coefficient (Wildman–Crippen LogP) is 5.01. The molecular formula is C21H25NO4. The van der Waals surface area contributed by atoms with E-state index in [0.717, 1.165) is 22.4 Å². The molecule has 2 aromatic rings. The molecule has 0 aromatic heterocycles. The van der Waals surface area contributed by atoms with Crippen LogP contribution in [0.5, 0.6) is 0 Å². The molecule has 2 amide bonds. The van der Waals surface area contributed by atoms with E-state index >= 15 is 0 Å². The smallest absolute Gasteiger partial charge is 0.419 e. The van der Waals surface area contributed by atoms with Crippen LogP contribution in [0, 0.1) is 5.92 Å². The third kappa shape index (κ3) is 6.24. The van der Waals surface area contributed by atoms with Crippen molar-refractivity contribution >= 4 is 12.2 Å². The number of carbonyl (C=O) groups excluding carboxylic acids is 2. The fourth-order valence-corrected chi connectivity index (χ4v) is 2.26. The molecule has 0 bridgehead atoms. The molecule has 0 aliphatic heterocycles. The van der Waals surface area contributed by atoms with Crippen molar-refractivity contribution in [2.45, 2.75) is 33.5 Å². The molecule has 26 heavy (non-hydrogen) atoms. The summed E-state index contributed by atoms with van der Waals surface area (Å²) in [6.45, 7) is 4.47. The zero-order valence-corrected chi connectivity index (χ0v) is 15.3. The number of benzene rings is 2. The van der Waals surface area contributed by atoms with E-state index in [9.17, 15) is 9.59 Å². The molecule has 0 saturated heterocycles. The zero-order valence-electron chi connectivity index (χ0n) is 15.3. The number of imide groups is 1. The quantitative estimate of drug-likeness (QED) is 0.701. The fourth-order valence-electron chi connectivity index (χ4n) is 2.26. The monoisotopic (exact) mass is 355 g/mol. The topological polar surface area (TPSA) is 55.8 Å². The summed E-state index contributed by atoms with van der Waals surface area (Å²) >= 11 is 0. The van der Waals surface area contributed by atoms with Gasteiger partial charge in [-0.05, 0) is 17.0 Å². The van der Waals surface area contributed by atoms with Gasteiger partial charge in [0.2, 0.25) is 0 Å². The lowest BCUT2D eigenvalue weighted by atomic mass is 10.1. The molecular weight excluding hydrogens is 330 g/mol. The SMILES string of the molecule is CCC(C)CN(C(=O)OCc1ccccc1)C(=O)OCc1ccccc1. The molecule has 0 aliphatic carbocycles. The Morgan fingerprint density at radius 2 is 1.27 bits per heavy atom. The molecule has 2 rings (SSSR count). The molecule has 0 aliphatic rings. The van der Waals surface area contributed by atoms with E-state index in [2.05, 4.69) is 0 Å². The molecule has 1 unspecified atom stereocenters. The summed E-state index contributed by atoms with van der Waals surface area (Å²) in [5.41, 5.74) is 1.73. The van der Waals surface area contributed by atoms with Gasteiger partial charge >= 0.3 is 12.2 Å². The van der Waals surface area contributed by atoms with Crippen LogP contribution < -0.4 is 0 Å².